The van der Waals surface area contributed by atoms with E-state index in [9.17, 15) is 4.79 Å². The summed E-state index contributed by atoms with van der Waals surface area (Å²) in [5.74, 6) is -0.154. The van der Waals surface area contributed by atoms with Crippen molar-refractivity contribution in [3.8, 4) is 0 Å². The molecule has 0 aliphatic rings. The molecule has 1 aromatic rings. The van der Waals surface area contributed by atoms with Gasteiger partial charge in [-0.15, -0.1) is 0 Å². The van der Waals surface area contributed by atoms with Crippen molar-refractivity contribution in [3.05, 3.63) is 35.4 Å². The maximum Gasteiger partial charge on any atom is 0.308 e. The Morgan fingerprint density at radius 3 is 2.26 bits per heavy atom. The Kier molecular flexibility index (Phi) is 6.03. The monoisotopic (exact) mass is 263 g/mol. The number of hydrogen-bond acceptors (Lipinski definition) is 3. The van der Waals surface area contributed by atoms with Crippen LogP contribution in [0.3, 0.4) is 0 Å². The Morgan fingerprint density at radius 2 is 1.84 bits per heavy atom. The Labute approximate surface area is 116 Å². The first-order valence-corrected chi connectivity index (χ1v) is 7.05. The summed E-state index contributed by atoms with van der Waals surface area (Å²) in [6.45, 7) is 6.49. The van der Waals surface area contributed by atoms with Crippen molar-refractivity contribution < 1.29 is 9.53 Å². The smallest absolute Gasteiger partial charge is 0.308 e. The summed E-state index contributed by atoms with van der Waals surface area (Å²) < 4.78 is 5.09. The fourth-order valence-electron chi connectivity index (χ4n) is 2.36. The molecular weight excluding hydrogens is 238 g/mol. The van der Waals surface area contributed by atoms with Crippen LogP contribution >= 0.6 is 0 Å². The van der Waals surface area contributed by atoms with E-state index in [2.05, 4.69) is 43.4 Å². The molecule has 19 heavy (non-hydrogen) atoms. The zero-order chi connectivity index (χ0) is 14.3. The van der Waals surface area contributed by atoms with Gasteiger partial charge in [0, 0.05) is 0 Å². The van der Waals surface area contributed by atoms with E-state index in [1.165, 1.54) is 5.56 Å². The van der Waals surface area contributed by atoms with Crippen molar-refractivity contribution in [1.82, 2.24) is 5.32 Å². The molecule has 0 aromatic heterocycles. The van der Waals surface area contributed by atoms with Crippen molar-refractivity contribution in [2.45, 2.75) is 45.6 Å². The summed E-state index contributed by atoms with van der Waals surface area (Å²) in [5.41, 5.74) is 2.11. The number of nitrogens with one attached hydrogen (secondary N) is 1. The van der Waals surface area contributed by atoms with Gasteiger partial charge in [-0.2, -0.15) is 0 Å². The molecule has 106 valence electrons. The molecule has 1 atom stereocenters. The van der Waals surface area contributed by atoms with Gasteiger partial charge in [0.15, 0.2) is 0 Å². The van der Waals surface area contributed by atoms with E-state index in [0.29, 0.717) is 13.0 Å². The highest BCUT2D eigenvalue weighted by Gasteiger charge is 2.31. The number of carbonyl (C=O) groups excluding carboxylic acids is 1. The molecule has 0 radical (unpaired) electrons. The van der Waals surface area contributed by atoms with Crippen LogP contribution in [0.15, 0.2) is 24.3 Å². The summed E-state index contributed by atoms with van der Waals surface area (Å²) in [5, 5.41) is 3.31. The largest absolute Gasteiger partial charge is 0.466 e. The van der Waals surface area contributed by atoms with E-state index in [1.54, 1.807) is 0 Å². The van der Waals surface area contributed by atoms with Gasteiger partial charge >= 0.3 is 5.97 Å². The number of aryl methyl sites for hydroxylation is 1. The molecule has 0 heterocycles. The van der Waals surface area contributed by atoms with Crippen LogP contribution in [-0.4, -0.2) is 19.6 Å². The highest BCUT2D eigenvalue weighted by molar-refractivity contribution is 5.71. The van der Waals surface area contributed by atoms with Crippen molar-refractivity contribution in [3.63, 3.8) is 0 Å². The summed E-state index contributed by atoms with van der Waals surface area (Å²) in [6.07, 6.45) is 2.23. The number of esters is 1. The molecule has 0 saturated heterocycles. The zero-order valence-electron chi connectivity index (χ0n) is 12.5. The molecule has 3 nitrogen and oxygen atoms in total. The van der Waals surface area contributed by atoms with Crippen LogP contribution in [0.1, 0.15) is 44.7 Å². The maximum absolute atomic E-state index is 11.8. The lowest BCUT2D eigenvalue weighted by Crippen LogP contribution is -2.41. The Morgan fingerprint density at radius 1 is 1.21 bits per heavy atom. The van der Waals surface area contributed by atoms with Gasteiger partial charge in [0.25, 0.3) is 0 Å². The number of benzene rings is 1. The molecule has 0 spiro atoms. The van der Waals surface area contributed by atoms with E-state index in [1.807, 2.05) is 14.0 Å². The van der Waals surface area contributed by atoms with Crippen LogP contribution in [0, 0.1) is 0 Å². The third-order valence-corrected chi connectivity index (χ3v) is 3.75. The predicted molar refractivity (Wildman–Crippen MR) is 78.1 cm³/mol. The van der Waals surface area contributed by atoms with Crippen molar-refractivity contribution in [1.29, 1.82) is 0 Å². The minimum Gasteiger partial charge on any atom is -0.466 e. The lowest BCUT2D eigenvalue weighted by Gasteiger charge is -2.32. The third-order valence-electron chi connectivity index (χ3n) is 3.75. The normalized spacial score (nSPS) is 13.9. The van der Waals surface area contributed by atoms with Crippen molar-refractivity contribution in [2.24, 2.45) is 0 Å². The van der Waals surface area contributed by atoms with Gasteiger partial charge in [0.05, 0.1) is 18.6 Å². The number of rotatable bonds is 7. The van der Waals surface area contributed by atoms with Gasteiger partial charge in [-0.05, 0) is 37.9 Å². The van der Waals surface area contributed by atoms with Crippen molar-refractivity contribution in [2.75, 3.05) is 13.7 Å². The summed E-state index contributed by atoms with van der Waals surface area (Å²) in [4.78, 5) is 11.8. The standard InChI is InChI=1S/C16H25NO2/c1-5-13-8-10-14(11-9-13)16(6-2,17-4)12-15(18)19-7-3/h8-11,17H,5-7,12H2,1-4H3. The SMILES string of the molecule is CCOC(=O)CC(CC)(NC)c1ccc(CC)cc1. The first-order chi connectivity index (χ1) is 9.11. The van der Waals surface area contributed by atoms with E-state index >= 15 is 0 Å². The summed E-state index contributed by atoms with van der Waals surface area (Å²) in [7, 11) is 1.90. The van der Waals surface area contributed by atoms with E-state index < -0.39 is 0 Å². The summed E-state index contributed by atoms with van der Waals surface area (Å²) in [6, 6.07) is 8.47. The van der Waals surface area contributed by atoms with Crippen LogP contribution in [-0.2, 0) is 21.5 Å². The second-order valence-corrected chi connectivity index (χ2v) is 4.72. The maximum atomic E-state index is 11.8. The van der Waals surface area contributed by atoms with Crippen LogP contribution in [0.25, 0.3) is 0 Å². The number of hydrogen-bond donors (Lipinski definition) is 1. The van der Waals surface area contributed by atoms with Crippen LogP contribution in [0.5, 0.6) is 0 Å². The Hall–Kier alpha value is -1.35. The molecule has 1 N–H and O–H groups in total. The molecule has 0 saturated carbocycles. The van der Waals surface area contributed by atoms with E-state index in [4.69, 9.17) is 4.74 Å². The van der Waals surface area contributed by atoms with Gasteiger partial charge < -0.3 is 10.1 Å². The van der Waals surface area contributed by atoms with E-state index in [0.717, 1.165) is 18.4 Å². The number of ether oxygens (including phenoxy) is 1. The zero-order valence-corrected chi connectivity index (χ0v) is 12.5. The average Bonchev–Trinajstić information content (AvgIpc) is 2.45. The second kappa shape index (κ2) is 7.29. The molecule has 0 aliphatic heterocycles. The van der Waals surface area contributed by atoms with Gasteiger partial charge in [0.2, 0.25) is 0 Å². The highest BCUT2D eigenvalue weighted by Crippen LogP contribution is 2.29. The van der Waals surface area contributed by atoms with Gasteiger partial charge in [-0.3, -0.25) is 4.79 Å². The Bertz CT molecular complexity index is 394. The molecule has 0 bridgehead atoms. The average molecular weight is 263 g/mol. The molecule has 0 aliphatic carbocycles. The first-order valence-electron chi connectivity index (χ1n) is 7.05. The number of carbonyl (C=O) groups is 1. The van der Waals surface area contributed by atoms with Gasteiger partial charge in [0.1, 0.15) is 0 Å². The molecule has 1 aromatic carbocycles. The fraction of sp³-hybridized carbons (Fsp3) is 0.562. The minimum atomic E-state index is -0.335. The molecule has 0 fully saturated rings. The first kappa shape index (κ1) is 15.7. The summed E-state index contributed by atoms with van der Waals surface area (Å²) >= 11 is 0. The molecular formula is C16H25NO2. The topological polar surface area (TPSA) is 38.3 Å². The van der Waals surface area contributed by atoms with E-state index in [-0.39, 0.29) is 11.5 Å². The lowest BCUT2D eigenvalue weighted by atomic mass is 9.83. The van der Waals surface area contributed by atoms with Gasteiger partial charge in [-0.25, -0.2) is 0 Å². The minimum absolute atomic E-state index is 0.154. The third kappa shape index (κ3) is 3.80. The fourth-order valence-corrected chi connectivity index (χ4v) is 2.36. The molecule has 1 rings (SSSR count). The highest BCUT2D eigenvalue weighted by atomic mass is 16.5. The van der Waals surface area contributed by atoms with Crippen LogP contribution in [0.2, 0.25) is 0 Å². The Balaban J connectivity index is 2.99. The molecule has 0 amide bonds. The quantitative estimate of drug-likeness (QED) is 0.768. The van der Waals surface area contributed by atoms with Crippen LogP contribution < -0.4 is 5.32 Å². The van der Waals surface area contributed by atoms with Crippen LogP contribution in [0.4, 0.5) is 0 Å². The predicted octanol–water partition coefficient (Wildman–Crippen LogP) is 3.03. The van der Waals surface area contributed by atoms with Crippen molar-refractivity contribution >= 4 is 5.97 Å². The van der Waals surface area contributed by atoms with Gasteiger partial charge in [-0.1, -0.05) is 38.1 Å². The lowest BCUT2D eigenvalue weighted by molar-refractivity contribution is -0.145. The molecule has 1 unspecified atom stereocenters. The molecule has 3 heteroatoms. The second-order valence-electron chi connectivity index (χ2n) is 4.72.